The van der Waals surface area contributed by atoms with Crippen LogP contribution in [0.25, 0.3) is 0 Å². The van der Waals surface area contributed by atoms with E-state index in [1.165, 1.54) is 11.4 Å². The lowest BCUT2D eigenvalue weighted by atomic mass is 9.99. The van der Waals surface area contributed by atoms with Crippen LogP contribution in [0.15, 0.2) is 17.6 Å². The Morgan fingerprint density at radius 3 is 3.10 bits per heavy atom. The van der Waals surface area contributed by atoms with Gasteiger partial charge in [0.05, 0.1) is 5.01 Å². The summed E-state index contributed by atoms with van der Waals surface area (Å²) < 4.78 is 0. The smallest absolute Gasteiger partial charge is 0.156 e. The SMILES string of the molecule is Cc1cc(N2CCC[C@@H](c3nccs3)C2)nc(CO)n1. The molecule has 20 heavy (non-hydrogen) atoms. The van der Waals surface area contributed by atoms with Crippen molar-refractivity contribution in [3.63, 3.8) is 0 Å². The Morgan fingerprint density at radius 1 is 1.45 bits per heavy atom. The maximum Gasteiger partial charge on any atom is 0.156 e. The van der Waals surface area contributed by atoms with E-state index in [0.717, 1.165) is 31.0 Å². The first-order chi connectivity index (χ1) is 9.76. The zero-order valence-electron chi connectivity index (χ0n) is 11.5. The van der Waals surface area contributed by atoms with Crippen molar-refractivity contribution in [2.75, 3.05) is 18.0 Å². The van der Waals surface area contributed by atoms with Crippen molar-refractivity contribution in [3.05, 3.63) is 34.2 Å². The first-order valence-electron chi connectivity index (χ1n) is 6.86. The molecular formula is C14H18N4OS. The number of aryl methyl sites for hydroxylation is 1. The van der Waals surface area contributed by atoms with Gasteiger partial charge in [0, 0.05) is 42.3 Å². The standard InChI is InChI=1S/C14H18N4OS/c1-10-7-13(17-12(9-19)16-10)18-5-2-3-11(8-18)14-15-4-6-20-14/h4,6-7,11,19H,2-3,5,8-9H2,1H3/t11-/m1/s1. The molecule has 0 unspecified atom stereocenters. The molecule has 2 aromatic heterocycles. The molecule has 0 aromatic carbocycles. The molecule has 1 N–H and O–H groups in total. The molecule has 2 aromatic rings. The van der Waals surface area contributed by atoms with Crippen molar-refractivity contribution in [3.8, 4) is 0 Å². The number of hydrogen-bond donors (Lipinski definition) is 1. The van der Waals surface area contributed by atoms with E-state index >= 15 is 0 Å². The Hall–Kier alpha value is -1.53. The van der Waals surface area contributed by atoms with Gasteiger partial charge in [-0.3, -0.25) is 0 Å². The molecule has 1 saturated heterocycles. The number of anilines is 1. The molecule has 0 bridgehead atoms. The zero-order valence-corrected chi connectivity index (χ0v) is 12.3. The molecule has 5 nitrogen and oxygen atoms in total. The van der Waals surface area contributed by atoms with Crippen LogP contribution in [0.4, 0.5) is 5.82 Å². The van der Waals surface area contributed by atoms with Crippen molar-refractivity contribution in [1.29, 1.82) is 0 Å². The lowest BCUT2D eigenvalue weighted by Gasteiger charge is -2.32. The average molecular weight is 290 g/mol. The summed E-state index contributed by atoms with van der Waals surface area (Å²) in [5.41, 5.74) is 0.899. The number of aliphatic hydroxyl groups excluding tert-OH is 1. The van der Waals surface area contributed by atoms with Crippen LogP contribution in [-0.4, -0.2) is 33.1 Å². The number of piperidine rings is 1. The van der Waals surface area contributed by atoms with Crippen LogP contribution in [0.3, 0.4) is 0 Å². The second-order valence-electron chi connectivity index (χ2n) is 5.10. The molecule has 3 rings (SSSR count). The Labute approximate surface area is 122 Å². The average Bonchev–Trinajstić information content (AvgIpc) is 3.01. The molecule has 6 heteroatoms. The van der Waals surface area contributed by atoms with E-state index in [0.29, 0.717) is 11.7 Å². The normalized spacial score (nSPS) is 19.3. The highest BCUT2D eigenvalue weighted by atomic mass is 32.1. The number of nitrogens with zero attached hydrogens (tertiary/aromatic N) is 4. The molecule has 3 heterocycles. The monoisotopic (exact) mass is 290 g/mol. The third-order valence-corrected chi connectivity index (χ3v) is 4.51. The van der Waals surface area contributed by atoms with Gasteiger partial charge in [-0.1, -0.05) is 0 Å². The van der Waals surface area contributed by atoms with Crippen molar-refractivity contribution in [2.24, 2.45) is 0 Å². The molecule has 0 spiro atoms. The Balaban J connectivity index is 1.81. The van der Waals surface area contributed by atoms with Gasteiger partial charge in [-0.25, -0.2) is 15.0 Å². The van der Waals surface area contributed by atoms with Gasteiger partial charge in [-0.15, -0.1) is 11.3 Å². The van der Waals surface area contributed by atoms with Gasteiger partial charge in [0.25, 0.3) is 0 Å². The topological polar surface area (TPSA) is 62.1 Å². The first-order valence-corrected chi connectivity index (χ1v) is 7.74. The van der Waals surface area contributed by atoms with Crippen LogP contribution in [-0.2, 0) is 6.61 Å². The highest BCUT2D eigenvalue weighted by Gasteiger charge is 2.24. The summed E-state index contributed by atoms with van der Waals surface area (Å²) in [5, 5.41) is 12.5. The molecule has 0 saturated carbocycles. The number of hydrogen-bond acceptors (Lipinski definition) is 6. The molecule has 1 aliphatic heterocycles. The second-order valence-corrected chi connectivity index (χ2v) is 6.02. The Bertz CT molecular complexity index is 573. The summed E-state index contributed by atoms with van der Waals surface area (Å²) in [6, 6.07) is 1.99. The van der Waals surface area contributed by atoms with Crippen LogP contribution in [0.5, 0.6) is 0 Å². The first kappa shape index (κ1) is 13.5. The van der Waals surface area contributed by atoms with Gasteiger partial charge in [-0.2, -0.15) is 0 Å². The summed E-state index contributed by atoms with van der Waals surface area (Å²) in [6.07, 6.45) is 4.19. The molecule has 106 valence electrons. The molecule has 0 amide bonds. The number of aromatic nitrogens is 3. The van der Waals surface area contributed by atoms with Crippen molar-refractivity contribution < 1.29 is 5.11 Å². The maximum absolute atomic E-state index is 9.24. The predicted octanol–water partition coefficient (Wildman–Crippen LogP) is 2.12. The van der Waals surface area contributed by atoms with E-state index in [-0.39, 0.29) is 6.61 Å². The maximum atomic E-state index is 9.24. The van der Waals surface area contributed by atoms with E-state index in [2.05, 4.69) is 19.9 Å². The van der Waals surface area contributed by atoms with Crippen LogP contribution in [0.1, 0.15) is 35.3 Å². The minimum absolute atomic E-state index is 0.113. The fourth-order valence-corrected chi connectivity index (χ4v) is 3.44. The third-order valence-electron chi connectivity index (χ3n) is 3.57. The number of thiazole rings is 1. The summed E-state index contributed by atoms with van der Waals surface area (Å²) >= 11 is 1.73. The van der Waals surface area contributed by atoms with Gasteiger partial charge in [0.2, 0.25) is 0 Å². The van der Waals surface area contributed by atoms with Crippen LogP contribution >= 0.6 is 11.3 Å². The highest BCUT2D eigenvalue weighted by Crippen LogP contribution is 2.30. The van der Waals surface area contributed by atoms with Gasteiger partial charge in [0.1, 0.15) is 12.4 Å². The minimum Gasteiger partial charge on any atom is -0.388 e. The summed E-state index contributed by atoms with van der Waals surface area (Å²) in [4.78, 5) is 15.4. The van der Waals surface area contributed by atoms with Gasteiger partial charge < -0.3 is 10.0 Å². The Morgan fingerprint density at radius 2 is 2.35 bits per heavy atom. The van der Waals surface area contributed by atoms with E-state index in [1.54, 1.807) is 11.3 Å². The lowest BCUT2D eigenvalue weighted by Crippen LogP contribution is -2.35. The fraction of sp³-hybridized carbons (Fsp3) is 0.500. The van der Waals surface area contributed by atoms with E-state index in [9.17, 15) is 5.11 Å². The Kier molecular flexibility index (Phi) is 3.93. The number of aliphatic hydroxyl groups is 1. The third kappa shape index (κ3) is 2.81. The summed E-state index contributed by atoms with van der Waals surface area (Å²) in [6.45, 7) is 3.77. The van der Waals surface area contributed by atoms with E-state index in [1.807, 2.05) is 24.6 Å². The zero-order chi connectivity index (χ0) is 13.9. The molecule has 1 aliphatic rings. The molecule has 0 aliphatic carbocycles. The van der Waals surface area contributed by atoms with Gasteiger partial charge in [-0.05, 0) is 19.8 Å². The molecule has 1 fully saturated rings. The number of rotatable bonds is 3. The molecule has 0 radical (unpaired) electrons. The second kappa shape index (κ2) is 5.85. The quantitative estimate of drug-likeness (QED) is 0.938. The van der Waals surface area contributed by atoms with Crippen LogP contribution in [0.2, 0.25) is 0 Å². The molecular weight excluding hydrogens is 272 g/mol. The fourth-order valence-electron chi connectivity index (χ4n) is 2.67. The minimum atomic E-state index is -0.113. The van der Waals surface area contributed by atoms with Crippen LogP contribution in [0, 0.1) is 6.92 Å². The van der Waals surface area contributed by atoms with Crippen molar-refractivity contribution in [2.45, 2.75) is 32.3 Å². The largest absolute Gasteiger partial charge is 0.388 e. The summed E-state index contributed by atoms with van der Waals surface area (Å²) in [5.74, 6) is 1.90. The van der Waals surface area contributed by atoms with Crippen molar-refractivity contribution >= 4 is 17.2 Å². The lowest BCUT2D eigenvalue weighted by molar-refractivity contribution is 0.271. The highest BCUT2D eigenvalue weighted by molar-refractivity contribution is 7.09. The van der Waals surface area contributed by atoms with E-state index < -0.39 is 0 Å². The van der Waals surface area contributed by atoms with Crippen molar-refractivity contribution in [1.82, 2.24) is 15.0 Å². The van der Waals surface area contributed by atoms with Gasteiger partial charge in [0.15, 0.2) is 5.82 Å². The van der Waals surface area contributed by atoms with Gasteiger partial charge >= 0.3 is 0 Å². The predicted molar refractivity (Wildman–Crippen MR) is 79.0 cm³/mol. The van der Waals surface area contributed by atoms with Crippen LogP contribution < -0.4 is 4.90 Å². The molecule has 1 atom stereocenters. The van der Waals surface area contributed by atoms with E-state index in [4.69, 9.17) is 0 Å². The summed E-state index contributed by atoms with van der Waals surface area (Å²) in [7, 11) is 0.